The molecule has 0 atom stereocenters. The van der Waals surface area contributed by atoms with Gasteiger partial charge in [0.15, 0.2) is 0 Å². The number of carbonyl (C=O) groups excluding carboxylic acids is 1. The molecular formula is C10H15F3N2O2. The Kier molecular flexibility index (Phi) is 4.50. The van der Waals surface area contributed by atoms with Crippen LogP contribution in [0.5, 0.6) is 0 Å². The van der Waals surface area contributed by atoms with Crippen LogP contribution in [0.4, 0.5) is 13.2 Å². The lowest BCUT2D eigenvalue weighted by Crippen LogP contribution is -2.39. The molecule has 7 heteroatoms. The summed E-state index contributed by atoms with van der Waals surface area (Å²) in [5, 5.41) is 7.45. The van der Waals surface area contributed by atoms with Crippen molar-refractivity contribution in [3.8, 4) is 0 Å². The van der Waals surface area contributed by atoms with Crippen molar-refractivity contribution in [2.24, 2.45) is 5.92 Å². The molecule has 4 nitrogen and oxygen atoms in total. The van der Waals surface area contributed by atoms with Crippen molar-refractivity contribution in [1.82, 2.24) is 5.48 Å². The topological polar surface area (TPSA) is 62.2 Å². The van der Waals surface area contributed by atoms with E-state index >= 15 is 0 Å². The second-order valence-corrected chi connectivity index (χ2v) is 4.24. The molecule has 0 aromatic rings. The number of rotatable bonds is 3. The van der Waals surface area contributed by atoms with Crippen LogP contribution >= 0.6 is 0 Å². The predicted molar refractivity (Wildman–Crippen MR) is 54.4 cm³/mol. The monoisotopic (exact) mass is 252 g/mol. The molecule has 17 heavy (non-hydrogen) atoms. The fourth-order valence-electron chi connectivity index (χ4n) is 1.84. The minimum atomic E-state index is -4.96. The van der Waals surface area contributed by atoms with Gasteiger partial charge in [-0.25, -0.2) is 4.79 Å². The Morgan fingerprint density at radius 2 is 1.82 bits per heavy atom. The molecule has 2 N–H and O–H groups in total. The van der Waals surface area contributed by atoms with Crippen molar-refractivity contribution in [1.29, 1.82) is 5.41 Å². The molecule has 1 fully saturated rings. The Balaban J connectivity index is 2.28. The van der Waals surface area contributed by atoms with Crippen molar-refractivity contribution >= 4 is 11.7 Å². The predicted octanol–water partition coefficient (Wildman–Crippen LogP) is 2.19. The van der Waals surface area contributed by atoms with Crippen LogP contribution in [0.15, 0.2) is 0 Å². The minimum absolute atomic E-state index is 0.200. The highest BCUT2D eigenvalue weighted by atomic mass is 19.4. The molecule has 1 aliphatic carbocycles. The average Bonchev–Trinajstić information content (AvgIpc) is 2.25. The summed E-state index contributed by atoms with van der Waals surface area (Å²) >= 11 is 0. The summed E-state index contributed by atoms with van der Waals surface area (Å²) in [5.74, 6) is -2.02. The second kappa shape index (κ2) is 5.48. The average molecular weight is 252 g/mol. The molecule has 0 amide bonds. The standard InChI is InChI=1S/C10H15F3N2O2/c1-6(14)7-2-4-8(5-3-7)15-17-9(16)10(11,12)13/h7-8,14-15H,2-5H2,1H3. The Labute approximate surface area is 97.0 Å². The molecule has 0 spiro atoms. The van der Waals surface area contributed by atoms with Gasteiger partial charge in [-0.2, -0.15) is 13.2 Å². The Morgan fingerprint density at radius 3 is 2.24 bits per heavy atom. The van der Waals surface area contributed by atoms with Gasteiger partial charge >= 0.3 is 12.1 Å². The molecule has 0 aliphatic heterocycles. The fourth-order valence-corrected chi connectivity index (χ4v) is 1.84. The molecule has 1 aliphatic rings. The maximum absolute atomic E-state index is 11.8. The lowest BCUT2D eigenvalue weighted by Gasteiger charge is -2.27. The molecule has 0 saturated heterocycles. The van der Waals surface area contributed by atoms with Crippen molar-refractivity contribution in [3.05, 3.63) is 0 Å². The summed E-state index contributed by atoms with van der Waals surface area (Å²) in [6, 6.07) is -0.253. The number of nitrogens with one attached hydrogen (secondary N) is 2. The number of hydrogen-bond acceptors (Lipinski definition) is 4. The van der Waals surface area contributed by atoms with Crippen molar-refractivity contribution < 1.29 is 22.8 Å². The number of carbonyl (C=O) groups is 1. The Morgan fingerprint density at radius 1 is 1.29 bits per heavy atom. The molecular weight excluding hydrogens is 237 g/mol. The van der Waals surface area contributed by atoms with Crippen LogP contribution in [0.25, 0.3) is 0 Å². The van der Waals surface area contributed by atoms with Gasteiger partial charge in [0, 0.05) is 11.8 Å². The first-order valence-electron chi connectivity index (χ1n) is 5.39. The van der Waals surface area contributed by atoms with E-state index in [4.69, 9.17) is 5.41 Å². The summed E-state index contributed by atoms with van der Waals surface area (Å²) in [4.78, 5) is 14.4. The number of hydrogen-bond donors (Lipinski definition) is 2. The van der Waals surface area contributed by atoms with E-state index in [1.165, 1.54) is 0 Å². The van der Waals surface area contributed by atoms with Gasteiger partial charge in [-0.3, -0.25) is 0 Å². The number of alkyl halides is 3. The highest BCUT2D eigenvalue weighted by Gasteiger charge is 2.41. The van der Waals surface area contributed by atoms with E-state index in [0.29, 0.717) is 18.6 Å². The van der Waals surface area contributed by atoms with E-state index < -0.39 is 12.1 Å². The fraction of sp³-hybridized carbons (Fsp3) is 0.800. The highest BCUT2D eigenvalue weighted by molar-refractivity contribution is 5.81. The van der Waals surface area contributed by atoms with Gasteiger partial charge < -0.3 is 10.2 Å². The van der Waals surface area contributed by atoms with E-state index in [0.717, 1.165) is 12.8 Å². The summed E-state index contributed by atoms with van der Waals surface area (Å²) in [7, 11) is 0. The molecule has 98 valence electrons. The lowest BCUT2D eigenvalue weighted by atomic mass is 9.84. The van der Waals surface area contributed by atoms with Crippen LogP contribution in [0.3, 0.4) is 0 Å². The number of halogens is 3. The van der Waals surface area contributed by atoms with Gasteiger partial charge in [0.2, 0.25) is 0 Å². The molecule has 0 aromatic heterocycles. The lowest BCUT2D eigenvalue weighted by molar-refractivity contribution is -0.208. The maximum atomic E-state index is 11.8. The molecule has 0 aromatic carbocycles. The highest BCUT2D eigenvalue weighted by Crippen LogP contribution is 2.25. The van der Waals surface area contributed by atoms with Gasteiger partial charge in [-0.05, 0) is 38.5 Å². The Hall–Kier alpha value is -1.11. The van der Waals surface area contributed by atoms with Gasteiger partial charge in [0.05, 0.1) is 0 Å². The first-order valence-corrected chi connectivity index (χ1v) is 5.39. The SMILES string of the molecule is CC(=N)C1CCC(NOC(=O)C(F)(F)F)CC1. The van der Waals surface area contributed by atoms with E-state index in [2.05, 4.69) is 10.3 Å². The van der Waals surface area contributed by atoms with Gasteiger partial charge in [-0.1, -0.05) is 0 Å². The summed E-state index contributed by atoms with van der Waals surface area (Å²) in [6.45, 7) is 1.72. The summed E-state index contributed by atoms with van der Waals surface area (Å²) in [5.41, 5.74) is 2.74. The third-order valence-electron chi connectivity index (χ3n) is 2.89. The summed E-state index contributed by atoms with van der Waals surface area (Å²) in [6.07, 6.45) is -2.29. The van der Waals surface area contributed by atoms with E-state index in [1.54, 1.807) is 6.92 Å². The Bertz CT molecular complexity index is 296. The van der Waals surface area contributed by atoms with Crippen LogP contribution in [-0.4, -0.2) is 23.9 Å². The van der Waals surface area contributed by atoms with E-state index in [-0.39, 0.29) is 12.0 Å². The van der Waals surface area contributed by atoms with Gasteiger partial charge in [-0.15, -0.1) is 5.48 Å². The number of hydroxylamine groups is 1. The zero-order chi connectivity index (χ0) is 13.1. The molecule has 0 heterocycles. The smallest absolute Gasteiger partial charge is 0.363 e. The zero-order valence-electron chi connectivity index (χ0n) is 9.43. The van der Waals surface area contributed by atoms with E-state index in [1.807, 2.05) is 0 Å². The maximum Gasteiger partial charge on any atom is 0.492 e. The zero-order valence-corrected chi connectivity index (χ0v) is 9.43. The largest absolute Gasteiger partial charge is 0.492 e. The molecule has 0 unspecified atom stereocenters. The van der Waals surface area contributed by atoms with Crippen LogP contribution in [0.1, 0.15) is 32.6 Å². The third kappa shape index (κ3) is 4.33. The first-order chi connectivity index (χ1) is 7.80. The minimum Gasteiger partial charge on any atom is -0.363 e. The quantitative estimate of drug-likeness (QED) is 0.598. The summed E-state index contributed by atoms with van der Waals surface area (Å²) < 4.78 is 35.5. The molecule has 0 bridgehead atoms. The van der Waals surface area contributed by atoms with Crippen LogP contribution in [0.2, 0.25) is 0 Å². The van der Waals surface area contributed by atoms with E-state index in [9.17, 15) is 18.0 Å². The first kappa shape index (κ1) is 14.0. The second-order valence-electron chi connectivity index (χ2n) is 4.24. The molecule has 0 radical (unpaired) electrons. The van der Waals surface area contributed by atoms with Crippen molar-refractivity contribution in [2.75, 3.05) is 0 Å². The van der Waals surface area contributed by atoms with Gasteiger partial charge in [0.25, 0.3) is 0 Å². The van der Waals surface area contributed by atoms with Crippen molar-refractivity contribution in [2.45, 2.75) is 44.8 Å². The van der Waals surface area contributed by atoms with Crippen LogP contribution in [0, 0.1) is 11.3 Å². The van der Waals surface area contributed by atoms with Crippen molar-refractivity contribution in [3.63, 3.8) is 0 Å². The molecule has 1 rings (SSSR count). The normalized spacial score (nSPS) is 25.4. The van der Waals surface area contributed by atoms with Gasteiger partial charge in [0.1, 0.15) is 0 Å². The third-order valence-corrected chi connectivity index (χ3v) is 2.89. The van der Waals surface area contributed by atoms with Crippen LogP contribution in [-0.2, 0) is 9.63 Å². The van der Waals surface area contributed by atoms with Crippen LogP contribution < -0.4 is 5.48 Å². The molecule has 1 saturated carbocycles.